The Kier molecular flexibility index (Phi) is 2.92. The summed E-state index contributed by atoms with van der Waals surface area (Å²) in [7, 11) is 2.06. The van der Waals surface area contributed by atoms with Crippen molar-refractivity contribution in [1.82, 2.24) is 4.57 Å². The predicted molar refractivity (Wildman–Crippen MR) is 70.1 cm³/mol. The number of amides is 1. The minimum absolute atomic E-state index is 0.374. The van der Waals surface area contributed by atoms with Gasteiger partial charge in [-0.1, -0.05) is 13.8 Å². The first-order valence-electron chi connectivity index (χ1n) is 5.93. The maximum Gasteiger partial charge on any atom is 0.248 e. The molecule has 2 N–H and O–H groups in total. The molecule has 1 heterocycles. The number of nitrogens with two attached hydrogens (primary N) is 1. The molecule has 1 aromatic heterocycles. The fraction of sp³-hybridized carbons (Fsp3) is 0.357. The topological polar surface area (TPSA) is 48.0 Å². The molecule has 0 aliphatic heterocycles. The number of hydrogen-bond donors (Lipinski definition) is 1. The molecule has 0 spiro atoms. The third kappa shape index (κ3) is 1.93. The summed E-state index contributed by atoms with van der Waals surface area (Å²) in [5.41, 5.74) is 8.30. The molecular weight excluding hydrogens is 212 g/mol. The summed E-state index contributed by atoms with van der Waals surface area (Å²) in [6, 6.07) is 7.76. The molecule has 0 bridgehead atoms. The third-order valence-corrected chi connectivity index (χ3v) is 3.48. The summed E-state index contributed by atoms with van der Waals surface area (Å²) in [6.07, 6.45) is 1.10. The molecule has 0 fully saturated rings. The Labute approximate surface area is 101 Å². The SMILES string of the molecule is CCC(C)c1cc2cc(C(N)=O)ccc2n1C. The van der Waals surface area contributed by atoms with E-state index in [1.54, 1.807) is 6.07 Å². The maximum atomic E-state index is 11.1. The van der Waals surface area contributed by atoms with Crippen molar-refractivity contribution in [3.63, 3.8) is 0 Å². The van der Waals surface area contributed by atoms with Crippen LogP contribution in [0.4, 0.5) is 0 Å². The predicted octanol–water partition coefficient (Wildman–Crippen LogP) is 2.79. The van der Waals surface area contributed by atoms with E-state index in [9.17, 15) is 4.79 Å². The van der Waals surface area contributed by atoms with Gasteiger partial charge in [-0.3, -0.25) is 4.79 Å². The lowest BCUT2D eigenvalue weighted by Gasteiger charge is -2.10. The van der Waals surface area contributed by atoms with Gasteiger partial charge < -0.3 is 10.3 Å². The lowest BCUT2D eigenvalue weighted by Crippen LogP contribution is -2.10. The van der Waals surface area contributed by atoms with E-state index < -0.39 is 0 Å². The molecule has 0 saturated heterocycles. The molecule has 0 aliphatic carbocycles. The lowest BCUT2D eigenvalue weighted by molar-refractivity contribution is 0.100. The van der Waals surface area contributed by atoms with Crippen LogP contribution in [-0.4, -0.2) is 10.5 Å². The average Bonchev–Trinajstić information content (AvgIpc) is 2.65. The second kappa shape index (κ2) is 4.24. The van der Waals surface area contributed by atoms with Crippen LogP contribution < -0.4 is 5.73 Å². The molecule has 1 unspecified atom stereocenters. The van der Waals surface area contributed by atoms with Gasteiger partial charge >= 0.3 is 0 Å². The smallest absolute Gasteiger partial charge is 0.248 e. The molecule has 0 radical (unpaired) electrons. The average molecular weight is 230 g/mol. The first kappa shape index (κ1) is 11.7. The molecule has 0 aliphatic rings. The molecule has 0 saturated carbocycles. The molecule has 2 rings (SSSR count). The summed E-state index contributed by atoms with van der Waals surface area (Å²) in [5.74, 6) is 0.144. The summed E-state index contributed by atoms with van der Waals surface area (Å²) in [4.78, 5) is 11.1. The highest BCUT2D eigenvalue weighted by Crippen LogP contribution is 2.26. The number of primary amides is 1. The van der Waals surface area contributed by atoms with Crippen LogP contribution in [0.25, 0.3) is 10.9 Å². The standard InChI is InChI=1S/C14H18N2O/c1-4-9(2)13-8-11-7-10(14(15)17)5-6-12(11)16(13)3/h5-9H,4H2,1-3H3,(H2,15,17). The van der Waals surface area contributed by atoms with Crippen molar-refractivity contribution in [1.29, 1.82) is 0 Å². The van der Waals surface area contributed by atoms with Gasteiger partial charge in [0.05, 0.1) is 0 Å². The van der Waals surface area contributed by atoms with Crippen molar-refractivity contribution < 1.29 is 4.79 Å². The Hall–Kier alpha value is -1.77. The Morgan fingerprint density at radius 2 is 2.12 bits per heavy atom. The second-order valence-corrected chi connectivity index (χ2v) is 4.58. The largest absolute Gasteiger partial charge is 0.366 e. The number of rotatable bonds is 3. The number of carbonyl (C=O) groups excluding carboxylic acids is 1. The Morgan fingerprint density at radius 3 is 2.71 bits per heavy atom. The van der Waals surface area contributed by atoms with E-state index in [0.717, 1.165) is 17.3 Å². The fourth-order valence-corrected chi connectivity index (χ4v) is 2.21. The van der Waals surface area contributed by atoms with Gasteiger partial charge in [0.2, 0.25) is 5.91 Å². The number of nitrogens with zero attached hydrogens (tertiary/aromatic N) is 1. The quantitative estimate of drug-likeness (QED) is 0.866. The van der Waals surface area contributed by atoms with Crippen LogP contribution in [0.2, 0.25) is 0 Å². The van der Waals surface area contributed by atoms with Crippen molar-refractivity contribution in [2.75, 3.05) is 0 Å². The minimum atomic E-state index is -0.374. The van der Waals surface area contributed by atoms with E-state index in [-0.39, 0.29) is 5.91 Å². The highest BCUT2D eigenvalue weighted by Gasteiger charge is 2.12. The van der Waals surface area contributed by atoms with E-state index in [1.807, 2.05) is 12.1 Å². The van der Waals surface area contributed by atoms with Crippen LogP contribution in [0.3, 0.4) is 0 Å². The van der Waals surface area contributed by atoms with Crippen molar-refractivity contribution >= 4 is 16.8 Å². The van der Waals surface area contributed by atoms with Gasteiger partial charge in [0.25, 0.3) is 0 Å². The van der Waals surface area contributed by atoms with Gasteiger partial charge in [0.1, 0.15) is 0 Å². The van der Waals surface area contributed by atoms with Gasteiger partial charge in [0.15, 0.2) is 0 Å². The van der Waals surface area contributed by atoms with Crippen LogP contribution in [0.15, 0.2) is 24.3 Å². The van der Waals surface area contributed by atoms with E-state index >= 15 is 0 Å². The zero-order chi connectivity index (χ0) is 12.6. The van der Waals surface area contributed by atoms with Crippen molar-refractivity contribution in [3.8, 4) is 0 Å². The fourth-order valence-electron chi connectivity index (χ4n) is 2.21. The van der Waals surface area contributed by atoms with Gasteiger partial charge in [-0.05, 0) is 36.6 Å². The molecule has 1 aromatic carbocycles. The normalized spacial score (nSPS) is 12.9. The van der Waals surface area contributed by atoms with Crippen molar-refractivity contribution in [2.45, 2.75) is 26.2 Å². The van der Waals surface area contributed by atoms with Gasteiger partial charge in [0, 0.05) is 29.2 Å². The number of hydrogen-bond acceptors (Lipinski definition) is 1. The summed E-state index contributed by atoms with van der Waals surface area (Å²) in [5, 5.41) is 1.08. The number of fused-ring (bicyclic) bond motifs is 1. The Bertz CT molecular complexity index is 569. The summed E-state index contributed by atoms with van der Waals surface area (Å²) in [6.45, 7) is 4.39. The highest BCUT2D eigenvalue weighted by atomic mass is 16.1. The lowest BCUT2D eigenvalue weighted by atomic mass is 10.0. The van der Waals surface area contributed by atoms with Crippen LogP contribution in [0.5, 0.6) is 0 Å². The zero-order valence-corrected chi connectivity index (χ0v) is 10.5. The van der Waals surface area contributed by atoms with Crippen LogP contribution >= 0.6 is 0 Å². The second-order valence-electron chi connectivity index (χ2n) is 4.58. The Balaban J connectivity index is 2.61. The van der Waals surface area contributed by atoms with E-state index in [4.69, 9.17) is 5.73 Å². The van der Waals surface area contributed by atoms with Crippen LogP contribution in [-0.2, 0) is 7.05 Å². The van der Waals surface area contributed by atoms with Gasteiger partial charge in [-0.15, -0.1) is 0 Å². The molecular formula is C14H18N2O. The summed E-state index contributed by atoms with van der Waals surface area (Å²) < 4.78 is 2.19. The molecule has 1 atom stereocenters. The van der Waals surface area contributed by atoms with E-state index in [0.29, 0.717) is 11.5 Å². The Morgan fingerprint density at radius 1 is 1.41 bits per heavy atom. The highest BCUT2D eigenvalue weighted by molar-refractivity contribution is 5.97. The van der Waals surface area contributed by atoms with Crippen molar-refractivity contribution in [2.24, 2.45) is 12.8 Å². The van der Waals surface area contributed by atoms with Gasteiger partial charge in [-0.25, -0.2) is 0 Å². The summed E-state index contributed by atoms with van der Waals surface area (Å²) >= 11 is 0. The van der Waals surface area contributed by atoms with E-state index in [1.165, 1.54) is 5.69 Å². The van der Waals surface area contributed by atoms with Crippen LogP contribution in [0, 0.1) is 0 Å². The maximum absolute atomic E-state index is 11.1. The van der Waals surface area contributed by atoms with Crippen molar-refractivity contribution in [3.05, 3.63) is 35.5 Å². The van der Waals surface area contributed by atoms with Gasteiger partial charge in [-0.2, -0.15) is 0 Å². The number of aromatic nitrogens is 1. The third-order valence-electron chi connectivity index (χ3n) is 3.48. The molecule has 3 nitrogen and oxygen atoms in total. The molecule has 1 amide bonds. The molecule has 2 aromatic rings. The number of carbonyl (C=O) groups is 1. The first-order valence-corrected chi connectivity index (χ1v) is 5.93. The van der Waals surface area contributed by atoms with E-state index in [2.05, 4.69) is 31.5 Å². The van der Waals surface area contributed by atoms with Crippen LogP contribution in [0.1, 0.15) is 42.2 Å². The zero-order valence-electron chi connectivity index (χ0n) is 10.5. The molecule has 90 valence electrons. The molecule has 3 heteroatoms. The minimum Gasteiger partial charge on any atom is -0.366 e. The number of benzene rings is 1. The monoisotopic (exact) mass is 230 g/mol. The first-order chi connectivity index (χ1) is 8.04. The molecule has 17 heavy (non-hydrogen) atoms. The number of aryl methyl sites for hydroxylation is 1.